The van der Waals surface area contributed by atoms with Gasteiger partial charge in [-0.05, 0) is 24.3 Å². The summed E-state index contributed by atoms with van der Waals surface area (Å²) in [7, 11) is -3.43. The summed E-state index contributed by atoms with van der Waals surface area (Å²) in [6.45, 7) is 5.50. The average molecular weight is 373 g/mol. The van der Waals surface area contributed by atoms with Gasteiger partial charge < -0.3 is 9.47 Å². The van der Waals surface area contributed by atoms with Crippen LogP contribution >= 0.6 is 11.8 Å². The minimum Gasteiger partial charge on any atom is -0.492 e. The van der Waals surface area contributed by atoms with Crippen LogP contribution in [0.3, 0.4) is 0 Å². The molecule has 3 rings (SSSR count). The van der Waals surface area contributed by atoms with E-state index in [0.717, 1.165) is 19.6 Å². The van der Waals surface area contributed by atoms with Gasteiger partial charge in [0.2, 0.25) is 10.0 Å². The lowest BCUT2D eigenvalue weighted by atomic mass is 10.3. The number of rotatable bonds is 6. The van der Waals surface area contributed by atoms with E-state index in [1.165, 1.54) is 15.8 Å². The fraction of sp³-hybridized carbons (Fsp3) is 0.625. The summed E-state index contributed by atoms with van der Waals surface area (Å²) in [6.07, 6.45) is 0. The Morgan fingerprint density at radius 2 is 1.71 bits per heavy atom. The van der Waals surface area contributed by atoms with Gasteiger partial charge in [-0.25, -0.2) is 8.42 Å². The van der Waals surface area contributed by atoms with E-state index in [2.05, 4.69) is 4.90 Å². The van der Waals surface area contributed by atoms with Crippen molar-refractivity contribution >= 4 is 21.8 Å². The van der Waals surface area contributed by atoms with Gasteiger partial charge in [-0.2, -0.15) is 16.1 Å². The first kappa shape index (κ1) is 18.0. The standard InChI is InChI=1S/C16H24N2O4S2/c19-24(20,18-6-10-21-11-7-18)16-3-1-15(2-4-16)22-12-5-17-8-13-23-14-9-17/h1-4H,5-14H2. The summed E-state index contributed by atoms with van der Waals surface area (Å²) in [6, 6.07) is 6.72. The molecule has 0 atom stereocenters. The Balaban J connectivity index is 1.52. The molecule has 0 spiro atoms. The molecule has 8 heteroatoms. The number of hydrogen-bond acceptors (Lipinski definition) is 6. The fourth-order valence-corrected chi connectivity index (χ4v) is 5.15. The number of morpholine rings is 1. The molecule has 0 aromatic heterocycles. The van der Waals surface area contributed by atoms with Crippen LogP contribution < -0.4 is 4.74 Å². The van der Waals surface area contributed by atoms with Gasteiger partial charge in [-0.3, -0.25) is 4.90 Å². The highest BCUT2D eigenvalue weighted by atomic mass is 32.2. The maximum atomic E-state index is 12.5. The van der Waals surface area contributed by atoms with E-state index in [1.54, 1.807) is 24.3 Å². The van der Waals surface area contributed by atoms with Crippen molar-refractivity contribution in [3.8, 4) is 5.75 Å². The van der Waals surface area contributed by atoms with Gasteiger partial charge in [0.15, 0.2) is 0 Å². The van der Waals surface area contributed by atoms with Crippen LogP contribution in [0.2, 0.25) is 0 Å². The Bertz CT molecular complexity index is 609. The fourth-order valence-electron chi connectivity index (χ4n) is 2.76. The zero-order valence-electron chi connectivity index (χ0n) is 13.7. The van der Waals surface area contributed by atoms with Gasteiger partial charge in [0, 0.05) is 44.2 Å². The van der Waals surface area contributed by atoms with Crippen molar-refractivity contribution in [2.24, 2.45) is 0 Å². The third-order valence-corrected chi connectivity index (χ3v) is 7.07. The van der Waals surface area contributed by atoms with Gasteiger partial charge in [0.25, 0.3) is 0 Å². The second kappa shape index (κ2) is 8.53. The van der Waals surface area contributed by atoms with Crippen LogP contribution in [0, 0.1) is 0 Å². The molecule has 0 saturated carbocycles. The number of sulfonamides is 1. The van der Waals surface area contributed by atoms with E-state index in [4.69, 9.17) is 9.47 Å². The molecule has 0 amide bonds. The predicted molar refractivity (Wildman–Crippen MR) is 95.3 cm³/mol. The Hall–Kier alpha value is -0.800. The number of nitrogens with zero attached hydrogens (tertiary/aromatic N) is 2. The smallest absolute Gasteiger partial charge is 0.243 e. The number of ether oxygens (including phenoxy) is 2. The van der Waals surface area contributed by atoms with E-state index < -0.39 is 10.0 Å². The largest absolute Gasteiger partial charge is 0.492 e. The second-order valence-electron chi connectivity index (χ2n) is 5.79. The summed E-state index contributed by atoms with van der Waals surface area (Å²) in [4.78, 5) is 2.71. The molecule has 134 valence electrons. The van der Waals surface area contributed by atoms with Gasteiger partial charge in [0.1, 0.15) is 12.4 Å². The third-order valence-electron chi connectivity index (χ3n) is 4.21. The molecule has 2 fully saturated rings. The maximum Gasteiger partial charge on any atom is 0.243 e. The topological polar surface area (TPSA) is 59.1 Å². The van der Waals surface area contributed by atoms with Crippen LogP contribution in [0.1, 0.15) is 0 Å². The van der Waals surface area contributed by atoms with Gasteiger partial charge in [-0.1, -0.05) is 0 Å². The molecule has 6 nitrogen and oxygen atoms in total. The Labute approximate surface area is 148 Å². The molecular formula is C16H24N2O4S2. The van der Waals surface area contributed by atoms with Crippen molar-refractivity contribution in [1.82, 2.24) is 9.21 Å². The first-order chi connectivity index (χ1) is 11.7. The molecule has 2 saturated heterocycles. The number of hydrogen-bond donors (Lipinski definition) is 0. The normalized spacial score (nSPS) is 20.8. The van der Waals surface area contributed by atoms with E-state index in [9.17, 15) is 8.42 Å². The third kappa shape index (κ3) is 4.64. The van der Waals surface area contributed by atoms with E-state index in [-0.39, 0.29) is 0 Å². The van der Waals surface area contributed by atoms with Crippen molar-refractivity contribution in [2.75, 3.05) is 64.1 Å². The molecule has 24 heavy (non-hydrogen) atoms. The first-order valence-corrected chi connectivity index (χ1v) is 10.9. The quantitative estimate of drug-likeness (QED) is 0.746. The molecule has 2 aliphatic rings. The summed E-state index contributed by atoms with van der Waals surface area (Å²) in [5.74, 6) is 3.09. The van der Waals surface area contributed by atoms with E-state index in [0.29, 0.717) is 43.6 Å². The monoisotopic (exact) mass is 372 g/mol. The lowest BCUT2D eigenvalue weighted by molar-refractivity contribution is 0.0730. The SMILES string of the molecule is O=S(=O)(c1ccc(OCCN2CCSCC2)cc1)N1CCOCC1. The highest BCUT2D eigenvalue weighted by Crippen LogP contribution is 2.20. The van der Waals surface area contributed by atoms with Crippen LogP contribution in [0.25, 0.3) is 0 Å². The molecule has 0 bridgehead atoms. The summed E-state index contributed by atoms with van der Waals surface area (Å²) < 4.78 is 37.5. The molecule has 0 N–H and O–H groups in total. The highest BCUT2D eigenvalue weighted by Gasteiger charge is 2.26. The maximum absolute atomic E-state index is 12.5. The predicted octanol–water partition coefficient (Wildman–Crippen LogP) is 1.14. The lowest BCUT2D eigenvalue weighted by Crippen LogP contribution is -2.40. The van der Waals surface area contributed by atoms with Gasteiger partial charge in [-0.15, -0.1) is 0 Å². The Kier molecular flexibility index (Phi) is 6.40. The van der Waals surface area contributed by atoms with Crippen LogP contribution in [0.5, 0.6) is 5.75 Å². The van der Waals surface area contributed by atoms with Crippen LogP contribution in [-0.2, 0) is 14.8 Å². The number of benzene rings is 1. The minimum absolute atomic E-state index is 0.310. The second-order valence-corrected chi connectivity index (χ2v) is 8.95. The summed E-state index contributed by atoms with van der Waals surface area (Å²) >= 11 is 1.99. The highest BCUT2D eigenvalue weighted by molar-refractivity contribution is 7.99. The molecule has 0 radical (unpaired) electrons. The Morgan fingerprint density at radius 3 is 2.38 bits per heavy atom. The molecule has 0 aliphatic carbocycles. The molecule has 1 aromatic rings. The number of thioether (sulfide) groups is 1. The van der Waals surface area contributed by atoms with E-state index in [1.807, 2.05) is 11.8 Å². The molecule has 2 heterocycles. The van der Waals surface area contributed by atoms with Crippen molar-refractivity contribution in [3.63, 3.8) is 0 Å². The zero-order chi connectivity index (χ0) is 16.8. The summed E-state index contributed by atoms with van der Waals surface area (Å²) in [5.41, 5.74) is 0. The lowest BCUT2D eigenvalue weighted by Gasteiger charge is -2.26. The summed E-state index contributed by atoms with van der Waals surface area (Å²) in [5, 5.41) is 0. The zero-order valence-corrected chi connectivity index (χ0v) is 15.4. The van der Waals surface area contributed by atoms with Crippen molar-refractivity contribution in [3.05, 3.63) is 24.3 Å². The molecule has 0 unspecified atom stereocenters. The molecular weight excluding hydrogens is 348 g/mol. The first-order valence-electron chi connectivity index (χ1n) is 8.27. The van der Waals surface area contributed by atoms with Crippen molar-refractivity contribution in [2.45, 2.75) is 4.90 Å². The van der Waals surface area contributed by atoms with Crippen LogP contribution in [0.4, 0.5) is 0 Å². The van der Waals surface area contributed by atoms with Crippen molar-refractivity contribution < 1.29 is 17.9 Å². The van der Waals surface area contributed by atoms with Crippen LogP contribution in [-0.4, -0.2) is 81.7 Å². The minimum atomic E-state index is -3.43. The van der Waals surface area contributed by atoms with E-state index >= 15 is 0 Å². The van der Waals surface area contributed by atoms with Gasteiger partial charge >= 0.3 is 0 Å². The van der Waals surface area contributed by atoms with Crippen LogP contribution in [0.15, 0.2) is 29.2 Å². The molecule has 2 aliphatic heterocycles. The van der Waals surface area contributed by atoms with Crippen molar-refractivity contribution in [1.29, 1.82) is 0 Å². The Morgan fingerprint density at radius 1 is 1.04 bits per heavy atom. The van der Waals surface area contributed by atoms with Gasteiger partial charge in [0.05, 0.1) is 18.1 Å². The average Bonchev–Trinajstić information content (AvgIpc) is 2.64. The molecule has 1 aromatic carbocycles.